The molecule has 0 saturated heterocycles. The van der Waals surface area contributed by atoms with E-state index in [2.05, 4.69) is 5.32 Å². The third kappa shape index (κ3) is 14.6. The Hall–Kier alpha value is -3.64. The number of carbonyl (C=O) groups excluding carboxylic acids is 3. The zero-order valence-electron chi connectivity index (χ0n) is 28.6. The number of hydrogen-bond acceptors (Lipinski definition) is 10. The van der Waals surface area contributed by atoms with E-state index in [-0.39, 0.29) is 31.0 Å². The van der Waals surface area contributed by atoms with Gasteiger partial charge in [-0.25, -0.2) is 9.59 Å². The maximum absolute atomic E-state index is 13.4. The number of nitrogens with one attached hydrogen (secondary N) is 1. The Morgan fingerprint density at radius 1 is 0.717 bits per heavy atom. The summed E-state index contributed by atoms with van der Waals surface area (Å²) < 4.78 is 52.1. The van der Waals surface area contributed by atoms with Crippen molar-refractivity contribution in [2.45, 2.75) is 110 Å². The number of benzene rings is 2. The van der Waals surface area contributed by atoms with Gasteiger partial charge in [0.05, 0.1) is 10.8 Å². The SMILES string of the molecule is Cc1ccc(S(=O)(=O)OCCOc2ccc(CC(C[C@H](NC(=O)OC(C)(C)C)C(=O)OC(C)(C)C)C(=O)OC(C)(C)C)cc2)cc1. The first-order valence-corrected chi connectivity index (χ1v) is 16.6. The van der Waals surface area contributed by atoms with Gasteiger partial charge in [-0.3, -0.25) is 8.98 Å². The van der Waals surface area contributed by atoms with E-state index in [0.29, 0.717) is 5.75 Å². The van der Waals surface area contributed by atoms with Crippen LogP contribution in [0.1, 0.15) is 79.9 Å². The molecule has 0 heterocycles. The fourth-order valence-corrected chi connectivity index (χ4v) is 4.94. The van der Waals surface area contributed by atoms with Crippen LogP contribution in [0, 0.1) is 12.8 Å². The Morgan fingerprint density at radius 3 is 1.76 bits per heavy atom. The van der Waals surface area contributed by atoms with Crippen LogP contribution in [0.4, 0.5) is 4.79 Å². The van der Waals surface area contributed by atoms with E-state index in [9.17, 15) is 22.8 Å². The molecule has 12 heteroatoms. The average molecular weight is 664 g/mol. The largest absolute Gasteiger partial charge is 0.491 e. The van der Waals surface area contributed by atoms with E-state index in [1.165, 1.54) is 12.1 Å². The molecule has 0 aliphatic rings. The molecule has 11 nitrogen and oxygen atoms in total. The van der Waals surface area contributed by atoms with Crippen molar-refractivity contribution in [1.29, 1.82) is 0 Å². The molecular formula is C34H49NO10S. The van der Waals surface area contributed by atoms with Gasteiger partial charge in [0, 0.05) is 0 Å². The number of hydrogen-bond donors (Lipinski definition) is 1. The smallest absolute Gasteiger partial charge is 0.408 e. The Bertz CT molecular complexity index is 1410. The molecule has 1 amide bonds. The highest BCUT2D eigenvalue weighted by Crippen LogP contribution is 2.24. The minimum atomic E-state index is -3.91. The van der Waals surface area contributed by atoms with Crippen molar-refractivity contribution in [1.82, 2.24) is 5.32 Å². The fourth-order valence-electron chi connectivity index (χ4n) is 4.05. The van der Waals surface area contributed by atoms with Crippen molar-refractivity contribution in [3.05, 3.63) is 59.7 Å². The molecular weight excluding hydrogens is 614 g/mol. The van der Waals surface area contributed by atoms with Crippen molar-refractivity contribution in [2.24, 2.45) is 5.92 Å². The van der Waals surface area contributed by atoms with Gasteiger partial charge in [0.25, 0.3) is 10.1 Å². The van der Waals surface area contributed by atoms with Crippen LogP contribution in [0.15, 0.2) is 53.4 Å². The first-order valence-electron chi connectivity index (χ1n) is 15.2. The van der Waals surface area contributed by atoms with E-state index in [4.69, 9.17) is 23.1 Å². The molecule has 0 radical (unpaired) electrons. The summed E-state index contributed by atoms with van der Waals surface area (Å²) in [5.74, 6) is -1.62. The van der Waals surface area contributed by atoms with Crippen molar-refractivity contribution in [3.63, 3.8) is 0 Å². The van der Waals surface area contributed by atoms with Crippen molar-refractivity contribution < 1.29 is 45.9 Å². The minimum absolute atomic E-state index is 0.0150. The van der Waals surface area contributed by atoms with E-state index < -0.39 is 56.9 Å². The Labute approximate surface area is 273 Å². The lowest BCUT2D eigenvalue weighted by Gasteiger charge is -2.29. The highest BCUT2D eigenvalue weighted by atomic mass is 32.2. The molecule has 2 aromatic rings. The lowest BCUT2D eigenvalue weighted by atomic mass is 9.92. The van der Waals surface area contributed by atoms with Crippen LogP contribution in [0.3, 0.4) is 0 Å². The second-order valence-electron chi connectivity index (χ2n) is 14.0. The number of esters is 2. The molecule has 2 aromatic carbocycles. The van der Waals surface area contributed by atoms with Crippen LogP contribution in [-0.4, -0.2) is 62.5 Å². The summed E-state index contributed by atoms with van der Waals surface area (Å²) in [6, 6.07) is 12.0. The van der Waals surface area contributed by atoms with Crippen molar-refractivity contribution >= 4 is 28.1 Å². The Kier molecular flexibility index (Phi) is 13.2. The number of alkyl carbamates (subject to hydrolysis) is 1. The average Bonchev–Trinajstić information content (AvgIpc) is 2.88. The van der Waals surface area contributed by atoms with Gasteiger partial charge in [-0.05, 0) is 112 Å². The molecule has 2 rings (SSSR count). The molecule has 0 aromatic heterocycles. The van der Waals surface area contributed by atoms with E-state index in [1.54, 1.807) is 98.7 Å². The van der Waals surface area contributed by atoms with E-state index >= 15 is 0 Å². The lowest BCUT2D eigenvalue weighted by molar-refractivity contribution is -0.162. The molecule has 46 heavy (non-hydrogen) atoms. The van der Waals surface area contributed by atoms with E-state index in [1.807, 2.05) is 6.92 Å². The van der Waals surface area contributed by atoms with Crippen molar-refractivity contribution in [2.75, 3.05) is 13.2 Å². The molecule has 0 aliphatic carbocycles. The zero-order valence-corrected chi connectivity index (χ0v) is 29.4. The molecule has 0 aliphatic heterocycles. The second kappa shape index (κ2) is 15.8. The van der Waals surface area contributed by atoms with Crippen LogP contribution in [-0.2, 0) is 44.5 Å². The summed E-state index contributed by atoms with van der Waals surface area (Å²) in [5.41, 5.74) is -0.761. The van der Waals surface area contributed by atoms with Gasteiger partial charge < -0.3 is 24.3 Å². The molecule has 1 N–H and O–H groups in total. The van der Waals surface area contributed by atoms with Gasteiger partial charge in [0.1, 0.15) is 41.8 Å². The van der Waals surface area contributed by atoms with Gasteiger partial charge in [-0.1, -0.05) is 29.8 Å². The zero-order chi connectivity index (χ0) is 34.9. The minimum Gasteiger partial charge on any atom is -0.491 e. The maximum atomic E-state index is 13.4. The number of ether oxygens (including phenoxy) is 4. The molecule has 0 spiro atoms. The summed E-state index contributed by atoms with van der Waals surface area (Å²) in [4.78, 5) is 39.2. The topological polar surface area (TPSA) is 144 Å². The van der Waals surface area contributed by atoms with Crippen LogP contribution in [0.5, 0.6) is 5.75 Å². The van der Waals surface area contributed by atoms with Gasteiger partial charge in [-0.2, -0.15) is 8.42 Å². The first-order chi connectivity index (χ1) is 21.0. The number of carbonyl (C=O) groups is 3. The van der Waals surface area contributed by atoms with Gasteiger partial charge >= 0.3 is 18.0 Å². The molecule has 0 fully saturated rings. The molecule has 2 atom stereocenters. The normalized spacial score (nSPS) is 13.7. The number of amides is 1. The maximum Gasteiger partial charge on any atom is 0.408 e. The predicted octanol–water partition coefficient (Wildman–Crippen LogP) is 5.90. The fraction of sp³-hybridized carbons (Fsp3) is 0.559. The van der Waals surface area contributed by atoms with E-state index in [0.717, 1.165) is 11.1 Å². The molecule has 256 valence electrons. The third-order valence-electron chi connectivity index (χ3n) is 5.95. The van der Waals surface area contributed by atoms with Gasteiger partial charge in [0.15, 0.2) is 0 Å². The highest BCUT2D eigenvalue weighted by Gasteiger charge is 2.35. The van der Waals surface area contributed by atoms with Gasteiger partial charge in [0.2, 0.25) is 0 Å². The standard InChI is InChI=1S/C34H49NO10S/c1-23-11-17-27(18-12-23)46(39,40)42-20-19-41-26-15-13-24(14-16-26)21-25(29(36)43-32(2,3)4)22-28(30(37)44-33(5,6)7)35-31(38)45-34(8,9)10/h11-18,25,28H,19-22H2,1-10H3,(H,35,38)/t25?,28-/m0/s1. The van der Waals surface area contributed by atoms with Crippen LogP contribution in [0.25, 0.3) is 0 Å². The number of rotatable bonds is 13. The highest BCUT2D eigenvalue weighted by molar-refractivity contribution is 7.86. The summed E-state index contributed by atoms with van der Waals surface area (Å²) in [6.07, 6.45) is -0.736. The third-order valence-corrected chi connectivity index (χ3v) is 7.27. The quantitative estimate of drug-likeness (QED) is 0.119. The summed E-state index contributed by atoms with van der Waals surface area (Å²) in [6.45, 7) is 17.1. The van der Waals surface area contributed by atoms with Crippen molar-refractivity contribution in [3.8, 4) is 5.75 Å². The van der Waals surface area contributed by atoms with Crippen LogP contribution in [0.2, 0.25) is 0 Å². The van der Waals surface area contributed by atoms with Crippen LogP contribution >= 0.6 is 0 Å². The summed E-state index contributed by atoms with van der Waals surface area (Å²) >= 11 is 0. The molecule has 0 bridgehead atoms. The second-order valence-corrected chi connectivity index (χ2v) is 15.6. The lowest BCUT2D eigenvalue weighted by Crippen LogP contribution is -2.48. The predicted molar refractivity (Wildman–Crippen MR) is 173 cm³/mol. The Morgan fingerprint density at radius 2 is 1.24 bits per heavy atom. The molecule has 1 unspecified atom stereocenters. The first kappa shape index (κ1) is 38.5. The van der Waals surface area contributed by atoms with Gasteiger partial charge in [-0.15, -0.1) is 0 Å². The van der Waals surface area contributed by atoms with Crippen LogP contribution < -0.4 is 10.1 Å². The monoisotopic (exact) mass is 663 g/mol. The summed E-state index contributed by atoms with van der Waals surface area (Å²) in [5, 5.41) is 2.57. The Balaban J connectivity index is 2.15. The number of aryl methyl sites for hydroxylation is 1. The molecule has 0 saturated carbocycles. The summed E-state index contributed by atoms with van der Waals surface area (Å²) in [7, 11) is -3.91.